The van der Waals surface area contributed by atoms with Crippen LogP contribution in [0.2, 0.25) is 0 Å². The summed E-state index contributed by atoms with van der Waals surface area (Å²) in [6, 6.07) is 4.94. The van der Waals surface area contributed by atoms with Gasteiger partial charge in [0.25, 0.3) is 0 Å². The molecule has 0 saturated heterocycles. The van der Waals surface area contributed by atoms with Gasteiger partial charge in [-0.25, -0.2) is 9.59 Å². The van der Waals surface area contributed by atoms with Crippen molar-refractivity contribution < 1.29 is 53.5 Å². The zero-order valence-electron chi connectivity index (χ0n) is 50.0. The first kappa shape index (κ1) is 74.5. The van der Waals surface area contributed by atoms with E-state index in [-0.39, 0.29) is 55.9 Å². The number of hydrogen-bond acceptors (Lipinski definition) is 13. The number of isocyanates is 2. The summed E-state index contributed by atoms with van der Waals surface area (Å²) in [6.07, 6.45) is 51.7. The van der Waals surface area contributed by atoms with Gasteiger partial charge in [-0.1, -0.05) is 198 Å². The smallest absolute Gasteiger partial charge is 0.306 e. The highest BCUT2D eigenvalue weighted by molar-refractivity contribution is 5.71. The Balaban J connectivity index is 0.00000405. The number of benzene rings is 1. The lowest BCUT2D eigenvalue weighted by Crippen LogP contribution is -2.30. The van der Waals surface area contributed by atoms with Gasteiger partial charge in [0.1, 0.15) is 13.2 Å². The number of rotatable bonds is 52. The third kappa shape index (κ3) is 50.2. The number of carbonyl (C=O) groups is 3. The molecule has 1 aromatic carbocycles. The standard InChI is InChI=1S/C57H104O9.C9H6N2O2/c1-4-7-10-31-40-51(58)43-34-25-19-13-16-22-28-37-46-55(61)64-49-54(66-57(63)48-39-30-24-18-15-21-27-36-45-53(60)42-33-12-9-6-3)50-65-56(62)47-38-29-23-17-14-20-26-35-44-52(59)41-32-11-8-5-2;1-7-8(10-5-12)3-2-4-9(7)11-6-13/h25-27,34-36,51-54,58-60H,4-24,28-33,37-50H2,1-3H3;2-4H,1H3/b34-25+,35-26+,36-27+;. The Hall–Kier alpha value is -4.51. The summed E-state index contributed by atoms with van der Waals surface area (Å²) in [5.74, 6) is -1.04. The van der Waals surface area contributed by atoms with Crippen LogP contribution in [0.5, 0.6) is 0 Å². The van der Waals surface area contributed by atoms with Gasteiger partial charge in [-0.2, -0.15) is 9.98 Å². The van der Waals surface area contributed by atoms with E-state index < -0.39 is 6.10 Å². The molecule has 0 aromatic heterocycles. The number of aliphatic hydroxyl groups excluding tert-OH is 3. The minimum atomic E-state index is -0.836. The van der Waals surface area contributed by atoms with E-state index in [1.165, 1.54) is 69.9 Å². The lowest BCUT2D eigenvalue weighted by molar-refractivity contribution is -0.167. The maximum atomic E-state index is 12.8. The fraction of sp³-hybridized carbons (Fsp3) is 0.742. The molecule has 13 nitrogen and oxygen atoms in total. The molecule has 0 saturated carbocycles. The molecule has 0 aliphatic rings. The van der Waals surface area contributed by atoms with Crippen LogP contribution in [0, 0.1) is 6.92 Å². The van der Waals surface area contributed by atoms with Gasteiger partial charge in [-0.3, -0.25) is 14.4 Å². The van der Waals surface area contributed by atoms with Crippen LogP contribution in [0.3, 0.4) is 0 Å². The number of hydrogen-bond donors (Lipinski definition) is 3. The molecule has 450 valence electrons. The largest absolute Gasteiger partial charge is 0.462 e. The Morgan fingerprint density at radius 2 is 0.772 bits per heavy atom. The van der Waals surface area contributed by atoms with Gasteiger partial charge in [0.2, 0.25) is 12.2 Å². The van der Waals surface area contributed by atoms with Crippen LogP contribution >= 0.6 is 0 Å². The zero-order chi connectivity index (χ0) is 58.1. The van der Waals surface area contributed by atoms with E-state index in [0.29, 0.717) is 36.2 Å². The zero-order valence-corrected chi connectivity index (χ0v) is 50.0. The van der Waals surface area contributed by atoms with Crippen molar-refractivity contribution in [3.63, 3.8) is 0 Å². The minimum absolute atomic E-state index is 0.132. The van der Waals surface area contributed by atoms with Gasteiger partial charge < -0.3 is 29.5 Å². The van der Waals surface area contributed by atoms with Crippen molar-refractivity contribution in [2.24, 2.45) is 9.98 Å². The van der Waals surface area contributed by atoms with E-state index in [2.05, 4.69) is 67.2 Å². The van der Waals surface area contributed by atoms with Crippen LogP contribution in [-0.4, -0.2) is 83.0 Å². The van der Waals surface area contributed by atoms with E-state index in [1.807, 2.05) is 0 Å². The second-order valence-corrected chi connectivity index (χ2v) is 21.4. The van der Waals surface area contributed by atoms with Crippen molar-refractivity contribution >= 4 is 41.4 Å². The number of ether oxygens (including phenoxy) is 3. The third-order valence-corrected chi connectivity index (χ3v) is 13.9. The van der Waals surface area contributed by atoms with E-state index in [1.54, 1.807) is 25.1 Å². The fourth-order valence-corrected chi connectivity index (χ4v) is 8.90. The first-order valence-corrected chi connectivity index (χ1v) is 31.3. The Morgan fingerprint density at radius 1 is 0.456 bits per heavy atom. The molecule has 0 fully saturated rings. The highest BCUT2D eigenvalue weighted by atomic mass is 16.6. The summed E-state index contributed by atoms with van der Waals surface area (Å²) in [6.45, 7) is 8.04. The van der Waals surface area contributed by atoms with Crippen LogP contribution in [0.25, 0.3) is 0 Å². The van der Waals surface area contributed by atoms with Crippen LogP contribution in [-0.2, 0) is 38.2 Å². The fourth-order valence-electron chi connectivity index (χ4n) is 8.90. The average molecular weight is 1110 g/mol. The molecule has 0 amide bonds. The van der Waals surface area contributed by atoms with Crippen LogP contribution in [0.1, 0.15) is 277 Å². The molecule has 13 heteroatoms. The second kappa shape index (κ2) is 56.8. The van der Waals surface area contributed by atoms with E-state index in [0.717, 1.165) is 167 Å². The van der Waals surface area contributed by atoms with Gasteiger partial charge in [0, 0.05) is 24.8 Å². The average Bonchev–Trinajstić information content (AvgIpc) is 3.44. The van der Waals surface area contributed by atoms with Crippen molar-refractivity contribution in [2.75, 3.05) is 13.2 Å². The van der Waals surface area contributed by atoms with Gasteiger partial charge in [-0.15, -0.1) is 0 Å². The SMILES string of the molecule is CCCCCCC(O)C/C=C/CCCCCCCC(=O)OCC(COC(=O)CCCCCCC/C=C/CC(O)CCCCCC)OC(=O)CCCCCCC/C=C/CC(O)CCCCCC.Cc1c(N=C=O)cccc1N=C=O. The van der Waals surface area contributed by atoms with Crippen molar-refractivity contribution in [2.45, 2.75) is 303 Å². The summed E-state index contributed by atoms with van der Waals surface area (Å²) in [5.41, 5.74) is 1.59. The van der Waals surface area contributed by atoms with E-state index in [4.69, 9.17) is 14.2 Å². The molecule has 3 atom stereocenters. The van der Waals surface area contributed by atoms with Crippen molar-refractivity contribution in [1.82, 2.24) is 0 Å². The van der Waals surface area contributed by atoms with Crippen LogP contribution < -0.4 is 0 Å². The highest BCUT2D eigenvalue weighted by Crippen LogP contribution is 2.27. The highest BCUT2D eigenvalue weighted by Gasteiger charge is 2.20. The molecule has 0 bridgehead atoms. The number of esters is 3. The first-order valence-electron chi connectivity index (χ1n) is 31.3. The first-order chi connectivity index (χ1) is 38.5. The quantitative estimate of drug-likeness (QED) is 0.0140. The lowest BCUT2D eigenvalue weighted by Gasteiger charge is -2.18. The van der Waals surface area contributed by atoms with Crippen LogP contribution in [0.4, 0.5) is 11.4 Å². The van der Waals surface area contributed by atoms with Crippen LogP contribution in [0.15, 0.2) is 64.6 Å². The molecule has 79 heavy (non-hydrogen) atoms. The summed E-state index contributed by atoms with van der Waals surface area (Å²) in [4.78, 5) is 65.0. The summed E-state index contributed by atoms with van der Waals surface area (Å²) < 4.78 is 16.7. The maximum absolute atomic E-state index is 12.8. The lowest BCUT2D eigenvalue weighted by atomic mass is 10.1. The van der Waals surface area contributed by atoms with Gasteiger partial charge in [-0.05, 0) is 115 Å². The summed E-state index contributed by atoms with van der Waals surface area (Å²) in [7, 11) is 0. The minimum Gasteiger partial charge on any atom is -0.462 e. The predicted molar refractivity (Wildman–Crippen MR) is 321 cm³/mol. The van der Waals surface area contributed by atoms with Crippen molar-refractivity contribution in [1.29, 1.82) is 0 Å². The summed E-state index contributed by atoms with van der Waals surface area (Å²) >= 11 is 0. The molecule has 0 heterocycles. The second-order valence-electron chi connectivity index (χ2n) is 21.4. The molecule has 0 radical (unpaired) electrons. The third-order valence-electron chi connectivity index (χ3n) is 13.9. The number of carbonyl (C=O) groups excluding carboxylic acids is 5. The van der Waals surface area contributed by atoms with Gasteiger partial charge in [0.05, 0.1) is 29.7 Å². The molecule has 0 aliphatic heterocycles. The van der Waals surface area contributed by atoms with E-state index in [9.17, 15) is 39.3 Å². The molecule has 1 aromatic rings. The number of allylic oxidation sites excluding steroid dienone is 3. The predicted octanol–water partition coefficient (Wildman–Crippen LogP) is 16.9. The number of unbranched alkanes of at least 4 members (excludes halogenated alkanes) is 24. The topological polar surface area (TPSA) is 198 Å². The molecular formula is C66H110N2O11. The summed E-state index contributed by atoms with van der Waals surface area (Å²) in [5, 5.41) is 30.4. The number of aliphatic hydroxyl groups is 3. The Morgan fingerprint density at radius 3 is 1.11 bits per heavy atom. The molecule has 1 rings (SSSR count). The molecule has 0 spiro atoms. The number of nitrogens with zero attached hydrogens (tertiary/aromatic N) is 2. The normalized spacial score (nSPS) is 12.8. The van der Waals surface area contributed by atoms with E-state index >= 15 is 0 Å². The maximum Gasteiger partial charge on any atom is 0.306 e. The molecule has 3 unspecified atom stereocenters. The molecular weight excluding hydrogens is 997 g/mol. The van der Waals surface area contributed by atoms with Crippen molar-refractivity contribution in [3.05, 3.63) is 60.2 Å². The Kier molecular flexibility index (Phi) is 53.5. The van der Waals surface area contributed by atoms with Gasteiger partial charge in [0.15, 0.2) is 6.10 Å². The number of aliphatic imine (C=N–C) groups is 2. The van der Waals surface area contributed by atoms with Gasteiger partial charge >= 0.3 is 17.9 Å². The molecule has 3 N–H and O–H groups in total. The molecule has 0 aliphatic carbocycles. The van der Waals surface area contributed by atoms with Crippen molar-refractivity contribution in [3.8, 4) is 0 Å². The monoisotopic (exact) mass is 1110 g/mol. The Labute approximate surface area is 479 Å². The Bertz CT molecular complexity index is 1720.